The highest BCUT2D eigenvalue weighted by Gasteiger charge is 2.25. The number of hydrogen-bond donors (Lipinski definition) is 2. The van der Waals surface area contributed by atoms with Crippen LogP contribution in [-0.2, 0) is 10.0 Å². The summed E-state index contributed by atoms with van der Waals surface area (Å²) < 4.78 is 29.8. The third-order valence-corrected chi connectivity index (χ3v) is 8.30. The first-order valence-corrected chi connectivity index (χ1v) is 14.4. The zero-order valence-corrected chi connectivity index (χ0v) is 22.3. The number of nitrogens with one attached hydrogen (secondary N) is 2. The van der Waals surface area contributed by atoms with Crippen molar-refractivity contribution in [1.82, 2.24) is 0 Å². The Labute approximate surface area is 228 Å². The Morgan fingerprint density at radius 3 is 2.13 bits per heavy atom. The molecule has 4 aromatic carbocycles. The van der Waals surface area contributed by atoms with Crippen LogP contribution >= 0.6 is 11.6 Å². The highest BCUT2D eigenvalue weighted by molar-refractivity contribution is 7.93. The maximum atomic E-state index is 13.6. The highest BCUT2D eigenvalue weighted by atomic mass is 35.5. The van der Waals surface area contributed by atoms with Gasteiger partial charge >= 0.3 is 0 Å². The summed E-state index contributed by atoms with van der Waals surface area (Å²) in [6.07, 6.45) is 3.11. The molecule has 194 valence electrons. The van der Waals surface area contributed by atoms with Crippen LogP contribution in [0.25, 0.3) is 11.1 Å². The van der Waals surface area contributed by atoms with Gasteiger partial charge in [0.15, 0.2) is 0 Å². The smallest absolute Gasteiger partial charge is 0.264 e. The molecular formula is C30H28ClN3O3S. The maximum absolute atomic E-state index is 13.6. The van der Waals surface area contributed by atoms with Crippen LogP contribution in [0.3, 0.4) is 0 Å². The number of carbonyl (C=O) groups excluding carboxylic acids is 1. The Balaban J connectivity index is 1.43. The third-order valence-electron chi connectivity index (χ3n) is 6.58. The summed E-state index contributed by atoms with van der Waals surface area (Å²) in [6, 6.07) is 29.0. The number of sulfonamides is 1. The number of halogens is 1. The number of para-hydroxylation sites is 1. The van der Waals surface area contributed by atoms with Gasteiger partial charge in [-0.3, -0.25) is 9.52 Å². The van der Waals surface area contributed by atoms with Crippen LogP contribution in [0.15, 0.2) is 102 Å². The number of benzene rings is 4. The van der Waals surface area contributed by atoms with Crippen molar-refractivity contribution in [1.29, 1.82) is 0 Å². The summed E-state index contributed by atoms with van der Waals surface area (Å²) in [6.45, 7) is 1.54. The van der Waals surface area contributed by atoms with E-state index in [1.807, 2.05) is 42.5 Å². The quantitative estimate of drug-likeness (QED) is 0.261. The van der Waals surface area contributed by atoms with Gasteiger partial charge in [0.1, 0.15) is 4.90 Å². The fourth-order valence-corrected chi connectivity index (χ4v) is 6.17. The number of amides is 1. The lowest BCUT2D eigenvalue weighted by Crippen LogP contribution is -2.31. The predicted molar refractivity (Wildman–Crippen MR) is 155 cm³/mol. The van der Waals surface area contributed by atoms with Gasteiger partial charge in [-0.25, -0.2) is 8.42 Å². The molecule has 1 aliphatic heterocycles. The minimum atomic E-state index is -4.00. The van der Waals surface area contributed by atoms with Crippen molar-refractivity contribution >= 4 is 44.6 Å². The standard InChI is InChI=1S/C30H28ClN3O3S/c31-26-11-5-6-12-27(26)33-38(36,37)29-21-25(17-18-28(29)34-19-7-2-8-20-34)32-30(35)24-15-13-23(14-16-24)22-9-3-1-4-10-22/h1,3-6,9-18,21,33H,2,7-8,19-20H2,(H,32,35). The molecule has 0 aliphatic carbocycles. The number of rotatable bonds is 7. The molecule has 8 heteroatoms. The van der Waals surface area contributed by atoms with E-state index in [0.29, 0.717) is 27.6 Å². The highest BCUT2D eigenvalue weighted by Crippen LogP contribution is 2.33. The molecule has 1 amide bonds. The molecule has 1 heterocycles. The molecule has 6 nitrogen and oxygen atoms in total. The summed E-state index contributed by atoms with van der Waals surface area (Å²) in [4.78, 5) is 15.2. The number of piperidine rings is 1. The van der Waals surface area contributed by atoms with Crippen molar-refractivity contribution in [2.24, 2.45) is 0 Å². The van der Waals surface area contributed by atoms with Gasteiger partial charge in [-0.2, -0.15) is 0 Å². The number of anilines is 3. The minimum Gasteiger partial charge on any atom is -0.370 e. The molecule has 1 fully saturated rings. The number of carbonyl (C=O) groups is 1. The Hall–Kier alpha value is -3.81. The van der Waals surface area contributed by atoms with E-state index in [-0.39, 0.29) is 10.8 Å². The average Bonchev–Trinajstić information content (AvgIpc) is 2.95. The first-order chi connectivity index (χ1) is 18.4. The van der Waals surface area contributed by atoms with Gasteiger partial charge in [0.25, 0.3) is 15.9 Å². The Morgan fingerprint density at radius 1 is 0.763 bits per heavy atom. The lowest BCUT2D eigenvalue weighted by molar-refractivity contribution is 0.102. The molecule has 0 aromatic heterocycles. The fourth-order valence-electron chi connectivity index (χ4n) is 4.59. The second-order valence-electron chi connectivity index (χ2n) is 9.21. The van der Waals surface area contributed by atoms with Crippen LogP contribution in [0.2, 0.25) is 5.02 Å². The van der Waals surface area contributed by atoms with Crippen LogP contribution in [0.5, 0.6) is 0 Å². The van der Waals surface area contributed by atoms with Crippen LogP contribution in [0.1, 0.15) is 29.6 Å². The molecule has 1 aliphatic rings. The van der Waals surface area contributed by atoms with Gasteiger partial charge in [0, 0.05) is 24.3 Å². The average molecular weight is 546 g/mol. The van der Waals surface area contributed by atoms with Crippen LogP contribution < -0.4 is 14.9 Å². The molecule has 5 rings (SSSR count). The van der Waals surface area contributed by atoms with E-state index in [0.717, 1.165) is 43.5 Å². The zero-order chi connectivity index (χ0) is 26.5. The Morgan fingerprint density at radius 2 is 1.42 bits per heavy atom. The van der Waals surface area contributed by atoms with Crippen molar-refractivity contribution in [3.63, 3.8) is 0 Å². The summed E-state index contributed by atoms with van der Waals surface area (Å²) in [5, 5.41) is 3.16. The molecule has 0 atom stereocenters. The molecule has 38 heavy (non-hydrogen) atoms. The predicted octanol–water partition coefficient (Wildman–Crippen LogP) is 7.05. The number of nitrogens with zero attached hydrogens (tertiary/aromatic N) is 1. The van der Waals surface area contributed by atoms with E-state index in [2.05, 4.69) is 14.9 Å². The zero-order valence-electron chi connectivity index (χ0n) is 20.7. The van der Waals surface area contributed by atoms with Crippen molar-refractivity contribution < 1.29 is 13.2 Å². The summed E-state index contributed by atoms with van der Waals surface area (Å²) >= 11 is 6.23. The SMILES string of the molecule is O=C(Nc1ccc(N2CCCCC2)c(S(=O)(=O)Nc2ccccc2Cl)c1)c1ccc(-c2ccccc2)cc1. The molecule has 0 bridgehead atoms. The van der Waals surface area contributed by atoms with Crippen LogP contribution in [0, 0.1) is 0 Å². The molecular weight excluding hydrogens is 518 g/mol. The molecule has 0 radical (unpaired) electrons. The van der Waals surface area contributed by atoms with Gasteiger partial charge in [-0.05, 0) is 72.9 Å². The molecule has 0 spiro atoms. The van der Waals surface area contributed by atoms with E-state index < -0.39 is 10.0 Å². The van der Waals surface area contributed by atoms with E-state index in [9.17, 15) is 13.2 Å². The summed E-state index contributed by atoms with van der Waals surface area (Å²) in [7, 11) is -4.00. The van der Waals surface area contributed by atoms with E-state index >= 15 is 0 Å². The largest absolute Gasteiger partial charge is 0.370 e. The van der Waals surface area contributed by atoms with Gasteiger partial charge in [0.05, 0.1) is 16.4 Å². The molecule has 4 aromatic rings. The second-order valence-corrected chi connectivity index (χ2v) is 11.3. The molecule has 0 saturated carbocycles. The lowest BCUT2D eigenvalue weighted by atomic mass is 10.0. The first kappa shape index (κ1) is 25.8. The van der Waals surface area contributed by atoms with Gasteiger partial charge in [-0.15, -0.1) is 0 Å². The summed E-state index contributed by atoms with van der Waals surface area (Å²) in [5.41, 5.74) is 3.84. The van der Waals surface area contributed by atoms with Crippen LogP contribution in [0.4, 0.5) is 17.1 Å². The van der Waals surface area contributed by atoms with E-state index in [1.54, 1.807) is 48.5 Å². The summed E-state index contributed by atoms with van der Waals surface area (Å²) in [5.74, 6) is -0.322. The van der Waals surface area contributed by atoms with Crippen LogP contribution in [-0.4, -0.2) is 27.4 Å². The van der Waals surface area contributed by atoms with Gasteiger partial charge in [-0.1, -0.05) is 66.2 Å². The monoisotopic (exact) mass is 545 g/mol. The van der Waals surface area contributed by atoms with E-state index in [1.165, 1.54) is 6.07 Å². The van der Waals surface area contributed by atoms with Gasteiger partial charge < -0.3 is 10.2 Å². The molecule has 0 unspecified atom stereocenters. The topological polar surface area (TPSA) is 78.5 Å². The first-order valence-electron chi connectivity index (χ1n) is 12.5. The van der Waals surface area contributed by atoms with Crippen molar-refractivity contribution in [2.45, 2.75) is 24.2 Å². The number of hydrogen-bond acceptors (Lipinski definition) is 4. The Kier molecular flexibility index (Phi) is 7.67. The van der Waals surface area contributed by atoms with Gasteiger partial charge in [0.2, 0.25) is 0 Å². The third kappa shape index (κ3) is 5.85. The van der Waals surface area contributed by atoms with Crippen molar-refractivity contribution in [3.8, 4) is 11.1 Å². The lowest BCUT2D eigenvalue weighted by Gasteiger charge is -2.30. The fraction of sp³-hybridized carbons (Fsp3) is 0.167. The van der Waals surface area contributed by atoms with Crippen molar-refractivity contribution in [3.05, 3.63) is 108 Å². The van der Waals surface area contributed by atoms with E-state index in [4.69, 9.17) is 11.6 Å². The normalized spacial score (nSPS) is 13.7. The minimum absolute atomic E-state index is 0.0940. The Bertz CT molecular complexity index is 1540. The van der Waals surface area contributed by atoms with Crippen molar-refractivity contribution in [2.75, 3.05) is 28.0 Å². The second kappa shape index (κ2) is 11.3. The molecule has 1 saturated heterocycles. The maximum Gasteiger partial charge on any atom is 0.264 e. The molecule has 2 N–H and O–H groups in total.